The fraction of sp³-hybridized carbons (Fsp3) is 0.655. The van der Waals surface area contributed by atoms with Crippen LogP contribution in [0.5, 0.6) is 0 Å². The summed E-state index contributed by atoms with van der Waals surface area (Å²) < 4.78 is 0. The molecule has 1 aliphatic rings. The number of aliphatic hydroxyl groups is 2. The van der Waals surface area contributed by atoms with E-state index in [1.165, 1.54) is 19.3 Å². The van der Waals surface area contributed by atoms with Crippen molar-refractivity contribution >= 4 is 22.7 Å². The fourth-order valence-electron chi connectivity index (χ4n) is 5.32. The second kappa shape index (κ2) is 13.8. The number of aromatic nitrogens is 1. The van der Waals surface area contributed by atoms with Gasteiger partial charge in [-0.2, -0.15) is 0 Å². The summed E-state index contributed by atoms with van der Waals surface area (Å²) in [4.78, 5) is 28.7. The topological polar surface area (TPSA) is 114 Å². The molecule has 1 aliphatic carbocycles. The van der Waals surface area contributed by atoms with Crippen LogP contribution in [-0.4, -0.2) is 51.8 Å². The molecule has 2 aromatic rings. The van der Waals surface area contributed by atoms with Crippen molar-refractivity contribution in [2.75, 3.05) is 6.54 Å². The molecule has 1 aromatic heterocycles. The Morgan fingerprint density at radius 3 is 2.53 bits per heavy atom. The molecule has 1 heterocycles. The zero-order valence-corrected chi connectivity index (χ0v) is 22.1. The minimum atomic E-state index is -1.00. The SMILES string of the molecule is CC(C)C[C@H](O)[C@H](O)[C@H](CC1CCCCC1)NC(=O)[C@@H](C)CNC(=O)CCc1c[nH]c2ccccc12. The molecule has 7 nitrogen and oxygen atoms in total. The molecule has 200 valence electrons. The van der Waals surface area contributed by atoms with E-state index in [9.17, 15) is 19.8 Å². The summed E-state index contributed by atoms with van der Waals surface area (Å²) in [5, 5.41) is 28.5. The molecule has 7 heteroatoms. The van der Waals surface area contributed by atoms with Gasteiger partial charge in [0.15, 0.2) is 0 Å². The van der Waals surface area contributed by atoms with E-state index in [0.717, 1.165) is 29.3 Å². The molecule has 3 rings (SSSR count). The number of fused-ring (bicyclic) bond motifs is 1. The first kappa shape index (κ1) is 28.2. The highest BCUT2D eigenvalue weighted by molar-refractivity contribution is 5.84. The van der Waals surface area contributed by atoms with E-state index in [2.05, 4.69) is 15.6 Å². The third kappa shape index (κ3) is 8.34. The van der Waals surface area contributed by atoms with Gasteiger partial charge in [-0.05, 0) is 42.7 Å². The number of aliphatic hydroxyl groups excluding tert-OH is 2. The molecule has 4 atom stereocenters. The van der Waals surface area contributed by atoms with Crippen LogP contribution < -0.4 is 10.6 Å². The van der Waals surface area contributed by atoms with E-state index in [4.69, 9.17) is 0 Å². The summed E-state index contributed by atoms with van der Waals surface area (Å²) in [7, 11) is 0. The lowest BCUT2D eigenvalue weighted by atomic mass is 9.82. The van der Waals surface area contributed by atoms with Gasteiger partial charge in [0.05, 0.1) is 18.1 Å². The summed E-state index contributed by atoms with van der Waals surface area (Å²) >= 11 is 0. The maximum Gasteiger partial charge on any atom is 0.224 e. The maximum absolute atomic E-state index is 13.0. The Morgan fingerprint density at radius 2 is 1.81 bits per heavy atom. The molecule has 36 heavy (non-hydrogen) atoms. The quantitative estimate of drug-likeness (QED) is 0.286. The van der Waals surface area contributed by atoms with Crippen LogP contribution >= 0.6 is 0 Å². The van der Waals surface area contributed by atoms with Crippen LogP contribution in [0, 0.1) is 17.8 Å². The predicted molar refractivity (Wildman–Crippen MR) is 143 cm³/mol. The Kier molecular flexibility index (Phi) is 10.8. The van der Waals surface area contributed by atoms with Gasteiger partial charge in [-0.3, -0.25) is 9.59 Å². The van der Waals surface area contributed by atoms with Gasteiger partial charge in [-0.15, -0.1) is 0 Å². The molecular weight excluding hydrogens is 454 g/mol. The minimum Gasteiger partial charge on any atom is -0.390 e. The van der Waals surface area contributed by atoms with Crippen molar-refractivity contribution in [3.63, 3.8) is 0 Å². The normalized spacial score (nSPS) is 18.1. The van der Waals surface area contributed by atoms with Crippen molar-refractivity contribution in [3.8, 4) is 0 Å². The number of benzene rings is 1. The standard InChI is InChI=1S/C29H45N3O4/c1-19(2)15-26(33)28(35)25(16-21-9-5-4-6-10-21)32-29(36)20(3)17-31-27(34)14-13-22-18-30-24-12-8-7-11-23(22)24/h7-8,11-12,18-21,25-26,28,30,33,35H,4-6,9-10,13-17H2,1-3H3,(H,31,34)(H,32,36)/t20-,25-,26-,28+/m0/s1. The zero-order chi connectivity index (χ0) is 26.1. The average molecular weight is 500 g/mol. The minimum absolute atomic E-state index is 0.0916. The number of carbonyl (C=O) groups excluding carboxylic acids is 2. The number of hydrogen-bond acceptors (Lipinski definition) is 4. The number of rotatable bonds is 13. The van der Waals surface area contributed by atoms with Gasteiger partial charge >= 0.3 is 0 Å². The number of para-hydroxylation sites is 1. The number of amides is 2. The molecule has 0 radical (unpaired) electrons. The Morgan fingerprint density at radius 1 is 1.08 bits per heavy atom. The lowest BCUT2D eigenvalue weighted by Crippen LogP contribution is -2.52. The fourth-order valence-corrected chi connectivity index (χ4v) is 5.32. The number of carbonyl (C=O) groups is 2. The van der Waals surface area contributed by atoms with Gasteiger partial charge < -0.3 is 25.8 Å². The summed E-state index contributed by atoms with van der Waals surface area (Å²) in [6.45, 7) is 6.03. The van der Waals surface area contributed by atoms with Crippen molar-refractivity contribution in [1.82, 2.24) is 15.6 Å². The number of aromatic amines is 1. The van der Waals surface area contributed by atoms with Gasteiger partial charge in [-0.25, -0.2) is 0 Å². The highest BCUT2D eigenvalue weighted by Crippen LogP contribution is 2.29. The Balaban J connectivity index is 1.49. The van der Waals surface area contributed by atoms with Crippen LogP contribution in [0.1, 0.15) is 77.7 Å². The molecular formula is C29H45N3O4. The molecule has 1 aromatic carbocycles. The summed E-state index contributed by atoms with van der Waals surface area (Å²) in [5.41, 5.74) is 2.16. The Hall–Kier alpha value is -2.38. The van der Waals surface area contributed by atoms with Crippen molar-refractivity contribution in [1.29, 1.82) is 0 Å². The monoisotopic (exact) mass is 499 g/mol. The molecule has 0 saturated heterocycles. The van der Waals surface area contributed by atoms with E-state index in [-0.39, 0.29) is 24.3 Å². The summed E-state index contributed by atoms with van der Waals surface area (Å²) in [6, 6.07) is 7.53. The van der Waals surface area contributed by atoms with E-state index in [0.29, 0.717) is 31.6 Å². The van der Waals surface area contributed by atoms with Gasteiger partial charge in [0, 0.05) is 30.1 Å². The third-order valence-corrected chi connectivity index (χ3v) is 7.51. The van der Waals surface area contributed by atoms with Crippen LogP contribution in [0.4, 0.5) is 0 Å². The summed E-state index contributed by atoms with van der Waals surface area (Å²) in [6.07, 6.45) is 7.99. The van der Waals surface area contributed by atoms with E-state index in [1.807, 2.05) is 44.3 Å². The second-order valence-corrected chi connectivity index (χ2v) is 11.1. The first-order valence-corrected chi connectivity index (χ1v) is 13.7. The van der Waals surface area contributed by atoms with Gasteiger partial charge in [0.25, 0.3) is 0 Å². The number of aryl methyl sites for hydroxylation is 1. The van der Waals surface area contributed by atoms with Crippen molar-refractivity contribution in [3.05, 3.63) is 36.0 Å². The van der Waals surface area contributed by atoms with Crippen molar-refractivity contribution < 1.29 is 19.8 Å². The molecule has 0 unspecified atom stereocenters. The van der Waals surface area contributed by atoms with E-state index in [1.54, 1.807) is 6.92 Å². The number of H-pyrrole nitrogens is 1. The van der Waals surface area contributed by atoms with E-state index < -0.39 is 24.2 Å². The van der Waals surface area contributed by atoms with E-state index >= 15 is 0 Å². The second-order valence-electron chi connectivity index (χ2n) is 11.1. The van der Waals surface area contributed by atoms with Crippen LogP contribution in [-0.2, 0) is 16.0 Å². The number of hydrogen-bond donors (Lipinski definition) is 5. The average Bonchev–Trinajstić information content (AvgIpc) is 3.28. The molecule has 0 bridgehead atoms. The lowest BCUT2D eigenvalue weighted by Gasteiger charge is -2.33. The molecule has 0 spiro atoms. The predicted octanol–water partition coefficient (Wildman–Crippen LogP) is 4.08. The molecule has 5 N–H and O–H groups in total. The Labute approximate surface area is 215 Å². The van der Waals surface area contributed by atoms with Crippen molar-refractivity contribution in [2.24, 2.45) is 17.8 Å². The van der Waals surface area contributed by atoms with Crippen molar-refractivity contribution in [2.45, 2.75) is 96.8 Å². The van der Waals surface area contributed by atoms with Crippen LogP contribution in [0.25, 0.3) is 10.9 Å². The van der Waals surface area contributed by atoms with Gasteiger partial charge in [0.1, 0.15) is 6.10 Å². The Bertz CT molecular complexity index is 966. The highest BCUT2D eigenvalue weighted by atomic mass is 16.3. The van der Waals surface area contributed by atoms with Gasteiger partial charge in [-0.1, -0.05) is 71.1 Å². The van der Waals surface area contributed by atoms with Crippen LogP contribution in [0.3, 0.4) is 0 Å². The first-order valence-electron chi connectivity index (χ1n) is 13.7. The maximum atomic E-state index is 13.0. The van der Waals surface area contributed by atoms with Gasteiger partial charge in [0.2, 0.25) is 11.8 Å². The smallest absolute Gasteiger partial charge is 0.224 e. The molecule has 2 amide bonds. The molecule has 1 fully saturated rings. The molecule has 1 saturated carbocycles. The third-order valence-electron chi connectivity index (χ3n) is 7.51. The lowest BCUT2D eigenvalue weighted by molar-refractivity contribution is -0.127. The van der Waals surface area contributed by atoms with Crippen LogP contribution in [0.2, 0.25) is 0 Å². The first-order chi connectivity index (χ1) is 17.2. The highest BCUT2D eigenvalue weighted by Gasteiger charge is 2.32. The zero-order valence-electron chi connectivity index (χ0n) is 22.1. The van der Waals surface area contributed by atoms with Crippen LogP contribution in [0.15, 0.2) is 30.5 Å². The summed E-state index contributed by atoms with van der Waals surface area (Å²) in [5.74, 6) is -0.0384. The largest absolute Gasteiger partial charge is 0.390 e. The number of nitrogens with one attached hydrogen (secondary N) is 3. The molecule has 0 aliphatic heterocycles.